The van der Waals surface area contributed by atoms with Gasteiger partial charge in [-0.3, -0.25) is 9.13 Å². The van der Waals surface area contributed by atoms with Gasteiger partial charge in [0.2, 0.25) is 0 Å². The Morgan fingerprint density at radius 3 is 2.38 bits per heavy atom. The summed E-state index contributed by atoms with van der Waals surface area (Å²) >= 11 is 0. The second-order valence-electron chi connectivity index (χ2n) is 7.86. The normalized spacial score (nSPS) is 13.1. The van der Waals surface area contributed by atoms with Crippen LogP contribution in [0.15, 0.2) is 35.1 Å². The predicted molar refractivity (Wildman–Crippen MR) is 115 cm³/mol. The van der Waals surface area contributed by atoms with E-state index in [1.54, 1.807) is 34.0 Å². The van der Waals surface area contributed by atoms with Gasteiger partial charge >= 0.3 is 5.69 Å². The number of imidazole rings is 1. The SMILES string of the molecule is Cc1nnc(N[C@H](C)c2cccc(C(F)(F)CO)c2F)c2cc3c(cc12)n(C)c(=O)n3C. The Labute approximate surface area is 181 Å². The minimum Gasteiger partial charge on any atom is -0.390 e. The largest absolute Gasteiger partial charge is 0.390 e. The van der Waals surface area contributed by atoms with Crippen molar-refractivity contribution in [3.8, 4) is 0 Å². The maximum Gasteiger partial charge on any atom is 0.328 e. The van der Waals surface area contributed by atoms with Crippen LogP contribution in [0.25, 0.3) is 21.8 Å². The molecule has 0 amide bonds. The highest BCUT2D eigenvalue weighted by molar-refractivity contribution is 6.01. The second kappa shape index (κ2) is 7.63. The van der Waals surface area contributed by atoms with Crippen molar-refractivity contribution in [1.29, 1.82) is 0 Å². The third-order valence-electron chi connectivity index (χ3n) is 5.80. The number of rotatable bonds is 5. The topological polar surface area (TPSA) is 85.0 Å². The first-order valence-corrected chi connectivity index (χ1v) is 9.93. The standard InChI is InChI=1S/C22H22F3N5O2/c1-11(13-6-5-7-16(19(13)23)22(24,25)10-31)26-20-15-9-18-17(29(3)21(32)30(18)4)8-14(15)12(2)27-28-20/h5-9,11,31H,10H2,1-4H3,(H,26,28)/t11-/m1/s1. The van der Waals surface area contributed by atoms with E-state index >= 15 is 0 Å². The number of aryl methyl sites for hydroxylation is 3. The van der Waals surface area contributed by atoms with Crippen molar-refractivity contribution in [1.82, 2.24) is 19.3 Å². The summed E-state index contributed by atoms with van der Waals surface area (Å²) in [6, 6.07) is 6.57. The van der Waals surface area contributed by atoms with Crippen molar-refractivity contribution in [2.24, 2.45) is 14.1 Å². The number of nitrogens with zero attached hydrogens (tertiary/aromatic N) is 4. The Kier molecular flexibility index (Phi) is 5.20. The maximum atomic E-state index is 14.9. The summed E-state index contributed by atoms with van der Waals surface area (Å²) in [5.41, 5.74) is 1.01. The van der Waals surface area contributed by atoms with Gasteiger partial charge in [0.25, 0.3) is 5.92 Å². The van der Waals surface area contributed by atoms with E-state index in [0.717, 1.165) is 17.0 Å². The van der Waals surface area contributed by atoms with Gasteiger partial charge in [0.1, 0.15) is 12.4 Å². The molecule has 0 fully saturated rings. The Balaban J connectivity index is 1.83. The van der Waals surface area contributed by atoms with Crippen LogP contribution < -0.4 is 11.0 Å². The molecule has 7 nitrogen and oxygen atoms in total. The first-order chi connectivity index (χ1) is 15.1. The molecule has 168 valence electrons. The van der Waals surface area contributed by atoms with Crippen molar-refractivity contribution in [2.75, 3.05) is 11.9 Å². The first-order valence-electron chi connectivity index (χ1n) is 9.93. The van der Waals surface area contributed by atoms with Gasteiger partial charge in [-0.05, 0) is 32.0 Å². The number of aromatic nitrogens is 4. The third-order valence-corrected chi connectivity index (χ3v) is 5.80. The molecule has 2 N–H and O–H groups in total. The quantitative estimate of drug-likeness (QED) is 0.491. The van der Waals surface area contributed by atoms with E-state index in [-0.39, 0.29) is 11.3 Å². The summed E-state index contributed by atoms with van der Waals surface area (Å²) < 4.78 is 45.8. The van der Waals surface area contributed by atoms with E-state index in [2.05, 4.69) is 15.5 Å². The Morgan fingerprint density at radius 1 is 1.12 bits per heavy atom. The molecule has 0 saturated heterocycles. The zero-order valence-corrected chi connectivity index (χ0v) is 17.9. The fourth-order valence-electron chi connectivity index (χ4n) is 3.91. The molecular formula is C22H22F3N5O2. The molecule has 0 aliphatic rings. The second-order valence-corrected chi connectivity index (χ2v) is 7.86. The molecule has 0 bridgehead atoms. The summed E-state index contributed by atoms with van der Waals surface area (Å²) in [6.45, 7) is 1.91. The lowest BCUT2D eigenvalue weighted by Gasteiger charge is -2.21. The zero-order valence-electron chi connectivity index (χ0n) is 17.9. The van der Waals surface area contributed by atoms with Crippen LogP contribution in [0.4, 0.5) is 19.0 Å². The number of hydrogen-bond acceptors (Lipinski definition) is 5. The molecule has 0 spiro atoms. The molecule has 0 aliphatic heterocycles. The van der Waals surface area contributed by atoms with Gasteiger partial charge in [-0.25, -0.2) is 9.18 Å². The van der Waals surface area contributed by atoms with Crippen molar-refractivity contribution in [3.05, 3.63) is 63.5 Å². The van der Waals surface area contributed by atoms with Gasteiger partial charge in [-0.1, -0.05) is 12.1 Å². The van der Waals surface area contributed by atoms with E-state index < -0.39 is 30.0 Å². The van der Waals surface area contributed by atoms with E-state index in [9.17, 15) is 18.0 Å². The third kappa shape index (κ3) is 3.31. The molecule has 32 heavy (non-hydrogen) atoms. The van der Waals surface area contributed by atoms with E-state index in [1.165, 1.54) is 21.3 Å². The van der Waals surface area contributed by atoms with Crippen molar-refractivity contribution in [2.45, 2.75) is 25.8 Å². The average Bonchev–Trinajstić information content (AvgIpc) is 2.98. The summed E-state index contributed by atoms with van der Waals surface area (Å²) in [5, 5.41) is 21.8. The van der Waals surface area contributed by atoms with Crippen molar-refractivity contribution >= 4 is 27.6 Å². The molecule has 0 aliphatic carbocycles. The van der Waals surface area contributed by atoms with Gasteiger partial charge < -0.3 is 10.4 Å². The van der Waals surface area contributed by atoms with E-state index in [4.69, 9.17) is 5.11 Å². The Morgan fingerprint density at radius 2 is 1.75 bits per heavy atom. The predicted octanol–water partition coefficient (Wildman–Crippen LogP) is 3.52. The van der Waals surface area contributed by atoms with E-state index in [1.807, 2.05) is 6.07 Å². The van der Waals surface area contributed by atoms with Crippen LogP contribution >= 0.6 is 0 Å². The number of alkyl halides is 2. The first kappa shape index (κ1) is 21.8. The molecule has 1 atom stereocenters. The Bertz CT molecular complexity index is 1410. The highest BCUT2D eigenvalue weighted by atomic mass is 19.3. The fraction of sp³-hybridized carbons (Fsp3) is 0.318. The van der Waals surface area contributed by atoms with Gasteiger partial charge in [-0.15, -0.1) is 5.10 Å². The lowest BCUT2D eigenvalue weighted by molar-refractivity contribution is -0.0583. The van der Waals surface area contributed by atoms with Crippen molar-refractivity contribution < 1.29 is 18.3 Å². The summed E-state index contributed by atoms with van der Waals surface area (Å²) in [4.78, 5) is 12.3. The number of aliphatic hydroxyl groups is 1. The van der Waals surface area contributed by atoms with Crippen LogP contribution in [0, 0.1) is 12.7 Å². The molecule has 2 aromatic heterocycles. The molecule has 10 heteroatoms. The van der Waals surface area contributed by atoms with Crippen LogP contribution in [0.5, 0.6) is 0 Å². The van der Waals surface area contributed by atoms with Gasteiger partial charge in [0.05, 0.1) is 28.3 Å². The number of benzene rings is 2. The van der Waals surface area contributed by atoms with Gasteiger partial charge in [-0.2, -0.15) is 13.9 Å². The minimum atomic E-state index is -3.69. The average molecular weight is 445 g/mol. The van der Waals surface area contributed by atoms with Crippen LogP contribution in [-0.2, 0) is 20.0 Å². The minimum absolute atomic E-state index is 0.000612. The summed E-state index contributed by atoms with van der Waals surface area (Å²) in [5.74, 6) is -4.46. The number of halogens is 3. The smallest absolute Gasteiger partial charge is 0.328 e. The number of aliphatic hydroxyl groups excluding tert-OH is 1. The zero-order chi connectivity index (χ0) is 23.4. The Hall–Kier alpha value is -3.40. The molecule has 2 heterocycles. The molecule has 2 aromatic carbocycles. The number of nitrogens with one attached hydrogen (secondary N) is 1. The van der Waals surface area contributed by atoms with E-state index in [0.29, 0.717) is 22.4 Å². The van der Waals surface area contributed by atoms with Crippen molar-refractivity contribution in [3.63, 3.8) is 0 Å². The highest BCUT2D eigenvalue weighted by Crippen LogP contribution is 2.34. The number of fused-ring (bicyclic) bond motifs is 2. The molecule has 0 saturated carbocycles. The van der Waals surface area contributed by atoms with Crippen LogP contribution in [0.2, 0.25) is 0 Å². The molecular weight excluding hydrogens is 423 g/mol. The lowest BCUT2D eigenvalue weighted by Crippen LogP contribution is -2.22. The fourth-order valence-corrected chi connectivity index (χ4v) is 3.91. The number of hydrogen-bond donors (Lipinski definition) is 2. The molecule has 0 radical (unpaired) electrons. The highest BCUT2D eigenvalue weighted by Gasteiger charge is 2.35. The van der Waals surface area contributed by atoms with Gasteiger partial charge in [0.15, 0.2) is 5.82 Å². The molecule has 0 unspecified atom stereocenters. The maximum absolute atomic E-state index is 14.9. The summed E-state index contributed by atoms with van der Waals surface area (Å²) in [7, 11) is 3.34. The molecule has 4 aromatic rings. The summed E-state index contributed by atoms with van der Waals surface area (Å²) in [6.07, 6.45) is 0. The van der Waals surface area contributed by atoms with Gasteiger partial charge in [0, 0.05) is 30.4 Å². The van der Waals surface area contributed by atoms with Crippen LogP contribution in [0.1, 0.15) is 29.8 Å². The molecule has 4 rings (SSSR count). The van der Waals surface area contributed by atoms with Crippen LogP contribution in [-0.4, -0.2) is 31.0 Å². The monoisotopic (exact) mass is 445 g/mol. The lowest BCUT2D eigenvalue weighted by atomic mass is 10.00. The number of anilines is 1. The van der Waals surface area contributed by atoms with Crippen LogP contribution in [0.3, 0.4) is 0 Å².